The van der Waals surface area contributed by atoms with E-state index in [9.17, 15) is 4.79 Å². The van der Waals surface area contributed by atoms with Gasteiger partial charge in [-0.3, -0.25) is 4.79 Å². The van der Waals surface area contributed by atoms with E-state index in [-0.39, 0.29) is 11.3 Å². The van der Waals surface area contributed by atoms with Gasteiger partial charge in [-0.15, -0.1) is 0 Å². The first-order valence-corrected chi connectivity index (χ1v) is 7.93. The van der Waals surface area contributed by atoms with Gasteiger partial charge in [0.15, 0.2) is 0 Å². The van der Waals surface area contributed by atoms with Crippen LogP contribution in [-0.2, 0) is 9.53 Å². The molecule has 22 heavy (non-hydrogen) atoms. The lowest BCUT2D eigenvalue weighted by atomic mass is 9.82. The molecule has 1 fully saturated rings. The summed E-state index contributed by atoms with van der Waals surface area (Å²) in [4.78, 5) is 12.7. The van der Waals surface area contributed by atoms with Gasteiger partial charge in [0.1, 0.15) is 12.4 Å². The predicted molar refractivity (Wildman–Crippen MR) is 87.0 cm³/mol. The van der Waals surface area contributed by atoms with Crippen LogP contribution in [0.4, 0.5) is 5.69 Å². The summed E-state index contributed by atoms with van der Waals surface area (Å²) in [5.74, 6) is 0.871. The quantitative estimate of drug-likeness (QED) is 0.774. The molecule has 1 aromatic carbocycles. The Morgan fingerprint density at radius 2 is 1.91 bits per heavy atom. The highest BCUT2D eigenvalue weighted by Crippen LogP contribution is 2.42. The van der Waals surface area contributed by atoms with Gasteiger partial charge in [0.2, 0.25) is 5.91 Å². The van der Waals surface area contributed by atoms with Crippen molar-refractivity contribution in [3.05, 3.63) is 24.3 Å². The van der Waals surface area contributed by atoms with Crippen molar-refractivity contribution in [2.45, 2.75) is 32.1 Å². The zero-order valence-corrected chi connectivity index (χ0v) is 13.3. The first kappa shape index (κ1) is 16.8. The highest BCUT2D eigenvalue weighted by molar-refractivity contribution is 5.95. The molecule has 2 rings (SSSR count). The first-order chi connectivity index (χ1) is 10.7. The lowest BCUT2D eigenvalue weighted by Gasteiger charge is -2.27. The number of carbonyl (C=O) groups is 1. The Morgan fingerprint density at radius 3 is 2.50 bits per heavy atom. The number of hydrogen-bond donors (Lipinski definition) is 2. The molecular formula is C17H26N2O3. The highest BCUT2D eigenvalue weighted by atomic mass is 16.5. The molecule has 0 aliphatic heterocycles. The molecule has 0 atom stereocenters. The van der Waals surface area contributed by atoms with Crippen molar-refractivity contribution < 1.29 is 14.3 Å². The fourth-order valence-electron chi connectivity index (χ4n) is 3.01. The minimum absolute atomic E-state index is 0.109. The van der Waals surface area contributed by atoms with Gasteiger partial charge in [0.05, 0.1) is 5.41 Å². The third-order valence-corrected chi connectivity index (χ3v) is 4.33. The number of ether oxygens (including phenoxy) is 2. The molecule has 0 aromatic heterocycles. The van der Waals surface area contributed by atoms with Crippen molar-refractivity contribution in [1.82, 2.24) is 0 Å². The largest absolute Gasteiger partial charge is 0.492 e. The van der Waals surface area contributed by atoms with E-state index >= 15 is 0 Å². The van der Waals surface area contributed by atoms with E-state index in [1.165, 1.54) is 0 Å². The molecule has 122 valence electrons. The number of nitrogens with one attached hydrogen (secondary N) is 1. The van der Waals surface area contributed by atoms with E-state index in [2.05, 4.69) is 5.32 Å². The topological polar surface area (TPSA) is 73.6 Å². The van der Waals surface area contributed by atoms with Crippen LogP contribution in [0.25, 0.3) is 0 Å². The molecule has 0 saturated heterocycles. The van der Waals surface area contributed by atoms with Gasteiger partial charge in [-0.2, -0.15) is 0 Å². The summed E-state index contributed by atoms with van der Waals surface area (Å²) >= 11 is 0. The second kappa shape index (κ2) is 8.15. The lowest BCUT2D eigenvalue weighted by Crippen LogP contribution is -2.34. The van der Waals surface area contributed by atoms with Gasteiger partial charge < -0.3 is 20.5 Å². The van der Waals surface area contributed by atoms with Gasteiger partial charge in [-0.05, 0) is 43.5 Å². The van der Waals surface area contributed by atoms with Crippen molar-refractivity contribution >= 4 is 11.6 Å². The predicted octanol–water partition coefficient (Wildman–Crippen LogP) is 2.56. The van der Waals surface area contributed by atoms with Gasteiger partial charge in [-0.1, -0.05) is 12.8 Å². The molecule has 5 nitrogen and oxygen atoms in total. The number of carbonyl (C=O) groups excluding carboxylic acids is 1. The van der Waals surface area contributed by atoms with Crippen LogP contribution in [0.5, 0.6) is 5.75 Å². The molecule has 1 amide bonds. The van der Waals surface area contributed by atoms with Crippen LogP contribution in [0, 0.1) is 5.41 Å². The van der Waals surface area contributed by atoms with E-state index < -0.39 is 0 Å². The molecule has 0 spiro atoms. The van der Waals surface area contributed by atoms with Crippen molar-refractivity contribution in [2.75, 3.05) is 32.2 Å². The average Bonchev–Trinajstić information content (AvgIpc) is 3.02. The summed E-state index contributed by atoms with van der Waals surface area (Å²) in [6, 6.07) is 7.43. The second-order valence-electron chi connectivity index (χ2n) is 5.85. The van der Waals surface area contributed by atoms with Crippen LogP contribution in [0.1, 0.15) is 32.1 Å². The van der Waals surface area contributed by atoms with Crippen LogP contribution >= 0.6 is 0 Å². The molecule has 1 aliphatic rings. The van der Waals surface area contributed by atoms with Gasteiger partial charge in [-0.25, -0.2) is 0 Å². The van der Waals surface area contributed by atoms with Crippen molar-refractivity contribution in [3.8, 4) is 5.75 Å². The Hall–Kier alpha value is -1.59. The minimum Gasteiger partial charge on any atom is -0.492 e. The number of rotatable bonds is 8. The Kier molecular flexibility index (Phi) is 6.21. The van der Waals surface area contributed by atoms with Crippen molar-refractivity contribution in [2.24, 2.45) is 11.1 Å². The van der Waals surface area contributed by atoms with Crippen LogP contribution < -0.4 is 15.8 Å². The van der Waals surface area contributed by atoms with Crippen LogP contribution in [0.3, 0.4) is 0 Å². The van der Waals surface area contributed by atoms with E-state index in [4.69, 9.17) is 15.2 Å². The molecule has 0 heterocycles. The second-order valence-corrected chi connectivity index (χ2v) is 5.85. The zero-order valence-electron chi connectivity index (χ0n) is 13.3. The third kappa shape index (κ3) is 4.21. The fraction of sp³-hybridized carbons (Fsp3) is 0.588. The fourth-order valence-corrected chi connectivity index (χ4v) is 3.01. The molecule has 5 heteroatoms. The average molecular weight is 306 g/mol. The number of benzene rings is 1. The number of nitrogens with two attached hydrogens (primary N) is 1. The van der Waals surface area contributed by atoms with E-state index in [1.54, 1.807) is 7.11 Å². The zero-order chi connectivity index (χ0) is 15.8. The summed E-state index contributed by atoms with van der Waals surface area (Å²) in [6.45, 7) is 1.60. The van der Waals surface area contributed by atoms with Gasteiger partial charge >= 0.3 is 0 Å². The van der Waals surface area contributed by atoms with E-state index in [0.29, 0.717) is 19.8 Å². The molecular weight excluding hydrogens is 280 g/mol. The Labute approximate surface area is 132 Å². The first-order valence-electron chi connectivity index (χ1n) is 7.93. The van der Waals surface area contributed by atoms with E-state index in [0.717, 1.165) is 43.5 Å². The molecule has 1 aromatic rings. The van der Waals surface area contributed by atoms with Gasteiger partial charge in [0.25, 0.3) is 0 Å². The lowest BCUT2D eigenvalue weighted by molar-refractivity contribution is -0.126. The molecule has 3 N–H and O–H groups in total. The Balaban J connectivity index is 1.97. The number of anilines is 1. The molecule has 1 saturated carbocycles. The van der Waals surface area contributed by atoms with Crippen LogP contribution in [-0.4, -0.2) is 32.8 Å². The van der Waals surface area contributed by atoms with Crippen molar-refractivity contribution in [1.29, 1.82) is 0 Å². The van der Waals surface area contributed by atoms with Crippen LogP contribution in [0.15, 0.2) is 24.3 Å². The SMILES string of the molecule is COCCC1(C(=O)Nc2ccc(OCCN)cc2)CCCC1. The number of amides is 1. The molecule has 1 aliphatic carbocycles. The van der Waals surface area contributed by atoms with Gasteiger partial charge in [0, 0.05) is 25.9 Å². The smallest absolute Gasteiger partial charge is 0.230 e. The Bertz CT molecular complexity index is 467. The summed E-state index contributed by atoms with van der Waals surface area (Å²) in [5, 5.41) is 3.04. The Morgan fingerprint density at radius 1 is 1.23 bits per heavy atom. The summed E-state index contributed by atoms with van der Waals surface area (Å²) in [7, 11) is 1.68. The number of methoxy groups -OCH3 is 1. The third-order valence-electron chi connectivity index (χ3n) is 4.33. The van der Waals surface area contributed by atoms with E-state index in [1.807, 2.05) is 24.3 Å². The molecule has 0 unspecified atom stereocenters. The minimum atomic E-state index is -0.273. The maximum Gasteiger partial charge on any atom is 0.230 e. The van der Waals surface area contributed by atoms with Crippen LogP contribution in [0.2, 0.25) is 0 Å². The molecule has 0 bridgehead atoms. The maximum absolute atomic E-state index is 12.7. The summed E-state index contributed by atoms with van der Waals surface area (Å²) < 4.78 is 10.6. The summed E-state index contributed by atoms with van der Waals surface area (Å²) in [5.41, 5.74) is 5.93. The normalized spacial score (nSPS) is 16.5. The molecule has 0 radical (unpaired) electrons. The monoisotopic (exact) mass is 306 g/mol. The maximum atomic E-state index is 12.7. The standard InChI is InChI=1S/C17H26N2O3/c1-21-12-10-17(8-2-3-9-17)16(20)19-14-4-6-15(7-5-14)22-13-11-18/h4-7H,2-3,8-13,18H2,1H3,(H,19,20). The summed E-state index contributed by atoms with van der Waals surface area (Å²) in [6.07, 6.45) is 4.90. The number of hydrogen-bond acceptors (Lipinski definition) is 4. The highest BCUT2D eigenvalue weighted by Gasteiger charge is 2.40. The van der Waals surface area contributed by atoms with Crippen molar-refractivity contribution in [3.63, 3.8) is 0 Å².